The highest BCUT2D eigenvalue weighted by molar-refractivity contribution is 4.76. The van der Waals surface area contributed by atoms with E-state index in [9.17, 15) is 0 Å². The Morgan fingerprint density at radius 3 is 2.50 bits per heavy atom. The molecule has 0 saturated heterocycles. The first kappa shape index (κ1) is 12.0. The van der Waals surface area contributed by atoms with Crippen LogP contribution in [0.3, 0.4) is 0 Å². The Labute approximate surface area is 88.1 Å². The third-order valence-corrected chi connectivity index (χ3v) is 3.49. The second-order valence-corrected chi connectivity index (χ2v) is 4.64. The minimum absolute atomic E-state index is 0.312. The fourth-order valence-electron chi connectivity index (χ4n) is 2.15. The second kappa shape index (κ2) is 7.24. The monoisotopic (exact) mass is 199 g/mol. The molecule has 0 amide bonds. The first-order valence-corrected chi connectivity index (χ1v) is 6.16. The van der Waals surface area contributed by atoms with Crippen molar-refractivity contribution >= 4 is 0 Å². The smallest absolute Gasteiger partial charge is 0.0443 e. The first-order valence-electron chi connectivity index (χ1n) is 6.16. The van der Waals surface area contributed by atoms with Gasteiger partial charge in [0.1, 0.15) is 0 Å². The molecular formula is C12H25NO. The van der Waals surface area contributed by atoms with Gasteiger partial charge in [0.25, 0.3) is 0 Å². The number of aliphatic hydroxyl groups excluding tert-OH is 1. The normalized spacial score (nSPS) is 26.1. The lowest BCUT2D eigenvalue weighted by Crippen LogP contribution is -2.23. The molecule has 0 spiro atoms. The van der Waals surface area contributed by atoms with Crippen LogP contribution in [-0.2, 0) is 0 Å². The molecule has 2 atom stereocenters. The van der Waals surface area contributed by atoms with Gasteiger partial charge in [0, 0.05) is 6.61 Å². The van der Waals surface area contributed by atoms with Crippen LogP contribution in [-0.4, -0.2) is 24.8 Å². The lowest BCUT2D eigenvalue weighted by atomic mass is 9.72. The SMILES string of the molecule is CC1CCC1CCCCNCCCO. The van der Waals surface area contributed by atoms with Crippen molar-refractivity contribution in [3.63, 3.8) is 0 Å². The molecule has 2 nitrogen and oxygen atoms in total. The molecule has 1 rings (SSSR count). The van der Waals surface area contributed by atoms with Crippen LogP contribution >= 0.6 is 0 Å². The highest BCUT2D eigenvalue weighted by atomic mass is 16.3. The summed E-state index contributed by atoms with van der Waals surface area (Å²) in [6.45, 7) is 4.79. The topological polar surface area (TPSA) is 32.3 Å². The van der Waals surface area contributed by atoms with Gasteiger partial charge >= 0.3 is 0 Å². The molecule has 0 aromatic heterocycles. The van der Waals surface area contributed by atoms with Crippen molar-refractivity contribution in [2.45, 2.75) is 45.4 Å². The number of hydrogen-bond donors (Lipinski definition) is 2. The maximum atomic E-state index is 8.57. The largest absolute Gasteiger partial charge is 0.396 e. The second-order valence-electron chi connectivity index (χ2n) is 4.64. The molecule has 0 aliphatic heterocycles. The van der Waals surface area contributed by atoms with E-state index in [1.54, 1.807) is 0 Å². The number of rotatable bonds is 8. The van der Waals surface area contributed by atoms with E-state index in [0.717, 1.165) is 31.3 Å². The van der Waals surface area contributed by atoms with Crippen LogP contribution in [0.4, 0.5) is 0 Å². The van der Waals surface area contributed by atoms with Crippen LogP contribution in [0.5, 0.6) is 0 Å². The molecule has 0 aromatic carbocycles. The average molecular weight is 199 g/mol. The van der Waals surface area contributed by atoms with Gasteiger partial charge in [-0.3, -0.25) is 0 Å². The molecule has 1 aliphatic rings. The maximum absolute atomic E-state index is 8.57. The lowest BCUT2D eigenvalue weighted by molar-refractivity contribution is 0.179. The van der Waals surface area contributed by atoms with Crippen molar-refractivity contribution in [2.75, 3.05) is 19.7 Å². The van der Waals surface area contributed by atoms with E-state index in [-0.39, 0.29) is 0 Å². The van der Waals surface area contributed by atoms with Gasteiger partial charge in [0.15, 0.2) is 0 Å². The molecule has 14 heavy (non-hydrogen) atoms. The van der Waals surface area contributed by atoms with Gasteiger partial charge in [-0.1, -0.05) is 26.2 Å². The summed E-state index contributed by atoms with van der Waals surface area (Å²) in [5, 5.41) is 11.9. The van der Waals surface area contributed by atoms with Crippen LogP contribution in [0.15, 0.2) is 0 Å². The molecule has 0 bridgehead atoms. The fourth-order valence-corrected chi connectivity index (χ4v) is 2.15. The summed E-state index contributed by atoms with van der Waals surface area (Å²) in [5.41, 5.74) is 0. The van der Waals surface area contributed by atoms with Crippen LogP contribution in [0.25, 0.3) is 0 Å². The first-order chi connectivity index (χ1) is 6.84. The van der Waals surface area contributed by atoms with E-state index < -0.39 is 0 Å². The summed E-state index contributed by atoms with van der Waals surface area (Å²) in [7, 11) is 0. The Balaban J connectivity index is 1.76. The molecule has 1 saturated carbocycles. The van der Waals surface area contributed by atoms with Gasteiger partial charge in [-0.2, -0.15) is 0 Å². The van der Waals surface area contributed by atoms with E-state index >= 15 is 0 Å². The number of hydrogen-bond acceptors (Lipinski definition) is 2. The Hall–Kier alpha value is -0.0800. The molecule has 2 heteroatoms. The van der Waals surface area contributed by atoms with Crippen LogP contribution < -0.4 is 5.32 Å². The summed E-state index contributed by atoms with van der Waals surface area (Å²) in [4.78, 5) is 0. The Bertz CT molecular complexity index is 138. The minimum Gasteiger partial charge on any atom is -0.396 e. The molecule has 0 heterocycles. The lowest BCUT2D eigenvalue weighted by Gasteiger charge is -2.33. The van der Waals surface area contributed by atoms with Gasteiger partial charge in [-0.25, -0.2) is 0 Å². The molecule has 84 valence electrons. The average Bonchev–Trinajstić information content (AvgIpc) is 2.20. The van der Waals surface area contributed by atoms with Crippen LogP contribution in [0.2, 0.25) is 0 Å². The Kier molecular flexibility index (Phi) is 6.20. The molecule has 1 aliphatic carbocycles. The van der Waals surface area contributed by atoms with Crippen LogP contribution in [0.1, 0.15) is 45.4 Å². The van der Waals surface area contributed by atoms with Gasteiger partial charge in [-0.05, 0) is 44.2 Å². The van der Waals surface area contributed by atoms with Gasteiger partial charge < -0.3 is 10.4 Å². The predicted molar refractivity (Wildman–Crippen MR) is 60.3 cm³/mol. The predicted octanol–water partition coefficient (Wildman–Crippen LogP) is 2.17. The van der Waals surface area contributed by atoms with Crippen molar-refractivity contribution in [1.82, 2.24) is 5.32 Å². The third-order valence-electron chi connectivity index (χ3n) is 3.49. The molecular weight excluding hydrogens is 174 g/mol. The standard InChI is InChI=1S/C12H25NO/c1-11-6-7-12(11)5-2-3-8-13-9-4-10-14/h11-14H,2-10H2,1H3. The highest BCUT2D eigenvalue weighted by Gasteiger charge is 2.25. The highest BCUT2D eigenvalue weighted by Crippen LogP contribution is 2.36. The third kappa shape index (κ3) is 4.43. The van der Waals surface area contributed by atoms with Crippen molar-refractivity contribution < 1.29 is 5.11 Å². The van der Waals surface area contributed by atoms with Crippen molar-refractivity contribution in [2.24, 2.45) is 11.8 Å². The molecule has 2 unspecified atom stereocenters. The molecule has 2 N–H and O–H groups in total. The zero-order valence-electron chi connectivity index (χ0n) is 9.47. The van der Waals surface area contributed by atoms with Gasteiger partial charge in [-0.15, -0.1) is 0 Å². The van der Waals surface area contributed by atoms with E-state index in [1.165, 1.54) is 32.1 Å². The Morgan fingerprint density at radius 1 is 1.14 bits per heavy atom. The summed E-state index contributed by atoms with van der Waals surface area (Å²) in [6.07, 6.45) is 7.93. The van der Waals surface area contributed by atoms with E-state index in [0.29, 0.717) is 6.61 Å². The summed E-state index contributed by atoms with van der Waals surface area (Å²) >= 11 is 0. The molecule has 0 radical (unpaired) electrons. The van der Waals surface area contributed by atoms with Crippen molar-refractivity contribution in [1.29, 1.82) is 0 Å². The molecule has 0 aromatic rings. The Morgan fingerprint density at radius 2 is 1.93 bits per heavy atom. The summed E-state index contributed by atoms with van der Waals surface area (Å²) in [5.74, 6) is 2.03. The fraction of sp³-hybridized carbons (Fsp3) is 1.00. The van der Waals surface area contributed by atoms with Crippen LogP contribution in [0, 0.1) is 11.8 Å². The van der Waals surface area contributed by atoms with E-state index in [4.69, 9.17) is 5.11 Å². The number of nitrogens with one attached hydrogen (secondary N) is 1. The zero-order chi connectivity index (χ0) is 10.2. The van der Waals surface area contributed by atoms with Gasteiger partial charge in [0.2, 0.25) is 0 Å². The summed E-state index contributed by atoms with van der Waals surface area (Å²) in [6, 6.07) is 0. The molecule has 1 fully saturated rings. The van der Waals surface area contributed by atoms with E-state index in [2.05, 4.69) is 12.2 Å². The van der Waals surface area contributed by atoms with E-state index in [1.807, 2.05) is 0 Å². The minimum atomic E-state index is 0.312. The van der Waals surface area contributed by atoms with Crippen molar-refractivity contribution in [3.05, 3.63) is 0 Å². The number of aliphatic hydroxyl groups is 1. The quantitative estimate of drug-likeness (QED) is 0.587. The maximum Gasteiger partial charge on any atom is 0.0443 e. The number of unbranched alkanes of at least 4 members (excludes halogenated alkanes) is 1. The zero-order valence-corrected chi connectivity index (χ0v) is 9.47. The summed E-state index contributed by atoms with van der Waals surface area (Å²) < 4.78 is 0. The van der Waals surface area contributed by atoms with Gasteiger partial charge in [0.05, 0.1) is 0 Å². The van der Waals surface area contributed by atoms with Crippen molar-refractivity contribution in [3.8, 4) is 0 Å².